The van der Waals surface area contributed by atoms with Crippen LogP contribution in [-0.4, -0.2) is 40.4 Å². The second-order valence-electron chi connectivity index (χ2n) is 6.62. The highest BCUT2D eigenvalue weighted by Crippen LogP contribution is 2.46. The van der Waals surface area contributed by atoms with E-state index in [0.717, 1.165) is 34.6 Å². The maximum absolute atomic E-state index is 6.19. The normalized spacial score (nSPS) is 16.9. The minimum atomic E-state index is -0.219. The summed E-state index contributed by atoms with van der Waals surface area (Å²) in [5.74, 6) is 1.33. The molecule has 0 unspecified atom stereocenters. The molecule has 0 aliphatic heterocycles. The molecule has 1 aliphatic rings. The molecule has 0 aromatic heterocycles. The predicted octanol–water partition coefficient (Wildman–Crippen LogP) is 3.34. The van der Waals surface area contributed by atoms with Crippen molar-refractivity contribution in [2.45, 2.75) is 20.3 Å². The van der Waals surface area contributed by atoms with Gasteiger partial charge in [-0.2, -0.15) is 0 Å². The minimum absolute atomic E-state index is 0.219. The van der Waals surface area contributed by atoms with Crippen LogP contribution in [0.1, 0.15) is 30.5 Å². The van der Waals surface area contributed by atoms with Gasteiger partial charge in [0.2, 0.25) is 0 Å². The SMILES string of the molecule is C=NC1=C(C(N)=NC)C(C)(C)Cc2c1ccc(OC)c2/C=C/COC. The van der Waals surface area contributed by atoms with Crippen molar-refractivity contribution in [3.05, 3.63) is 40.5 Å². The summed E-state index contributed by atoms with van der Waals surface area (Å²) >= 11 is 0. The second-order valence-corrected chi connectivity index (χ2v) is 6.62. The van der Waals surface area contributed by atoms with Gasteiger partial charge in [-0.15, -0.1) is 0 Å². The largest absolute Gasteiger partial charge is 0.496 e. The highest BCUT2D eigenvalue weighted by Gasteiger charge is 2.36. The fourth-order valence-electron chi connectivity index (χ4n) is 3.41. The Labute approximate surface area is 150 Å². The van der Waals surface area contributed by atoms with Crippen molar-refractivity contribution in [2.24, 2.45) is 21.1 Å². The van der Waals surface area contributed by atoms with E-state index in [-0.39, 0.29) is 5.41 Å². The first-order valence-corrected chi connectivity index (χ1v) is 8.21. The number of nitrogens with two attached hydrogens (primary N) is 1. The predicted molar refractivity (Wildman–Crippen MR) is 105 cm³/mol. The van der Waals surface area contributed by atoms with E-state index in [0.29, 0.717) is 12.4 Å². The van der Waals surface area contributed by atoms with Crippen LogP contribution >= 0.6 is 0 Å². The molecule has 0 atom stereocenters. The van der Waals surface area contributed by atoms with E-state index in [1.807, 2.05) is 24.3 Å². The third-order valence-corrected chi connectivity index (χ3v) is 4.53. The van der Waals surface area contributed by atoms with Crippen molar-refractivity contribution in [3.63, 3.8) is 0 Å². The Balaban J connectivity index is 2.78. The number of hydrogen-bond acceptors (Lipinski definition) is 4. The first-order chi connectivity index (χ1) is 11.9. The van der Waals surface area contributed by atoms with Gasteiger partial charge >= 0.3 is 0 Å². The van der Waals surface area contributed by atoms with Gasteiger partial charge in [0.25, 0.3) is 0 Å². The highest BCUT2D eigenvalue weighted by atomic mass is 16.5. The lowest BCUT2D eigenvalue weighted by atomic mass is 9.70. The lowest BCUT2D eigenvalue weighted by Crippen LogP contribution is -2.33. The standard InChI is InChI=1S/C20H27N3O2/c1-20(2)12-15-13(8-7-11-24-5)16(25-6)10-9-14(15)18(22-3)17(20)19(21)23-4/h7-10H,3,11-12H2,1-2,4-6H3,(H2,21,23)/b8-7+. The van der Waals surface area contributed by atoms with Crippen LogP contribution in [0.15, 0.2) is 33.8 Å². The van der Waals surface area contributed by atoms with Crippen molar-refractivity contribution in [1.82, 2.24) is 0 Å². The van der Waals surface area contributed by atoms with Crippen LogP contribution in [0.2, 0.25) is 0 Å². The Morgan fingerprint density at radius 1 is 1.36 bits per heavy atom. The van der Waals surface area contributed by atoms with Crippen LogP contribution in [0.25, 0.3) is 11.8 Å². The molecule has 1 aromatic carbocycles. The lowest BCUT2D eigenvalue weighted by molar-refractivity contribution is 0.234. The van der Waals surface area contributed by atoms with E-state index < -0.39 is 0 Å². The van der Waals surface area contributed by atoms with Gasteiger partial charge in [-0.3, -0.25) is 9.98 Å². The van der Waals surface area contributed by atoms with Gasteiger partial charge in [0.1, 0.15) is 11.6 Å². The topological polar surface area (TPSA) is 69.2 Å². The zero-order valence-corrected chi connectivity index (χ0v) is 15.7. The lowest BCUT2D eigenvalue weighted by Gasteiger charge is -2.36. The van der Waals surface area contributed by atoms with Crippen molar-refractivity contribution in [3.8, 4) is 5.75 Å². The first kappa shape index (κ1) is 18.9. The van der Waals surface area contributed by atoms with E-state index in [1.54, 1.807) is 21.3 Å². The zero-order valence-electron chi connectivity index (χ0n) is 15.7. The Morgan fingerprint density at radius 3 is 2.64 bits per heavy atom. The molecule has 0 bridgehead atoms. The summed E-state index contributed by atoms with van der Waals surface area (Å²) in [6.07, 6.45) is 4.82. The van der Waals surface area contributed by atoms with Crippen LogP contribution in [0, 0.1) is 5.41 Å². The van der Waals surface area contributed by atoms with Gasteiger partial charge in [0.15, 0.2) is 0 Å². The van der Waals surface area contributed by atoms with Gasteiger partial charge in [-0.05, 0) is 36.2 Å². The molecule has 0 saturated heterocycles. The van der Waals surface area contributed by atoms with Crippen molar-refractivity contribution >= 4 is 24.3 Å². The fraction of sp³-hybridized carbons (Fsp3) is 0.400. The molecule has 5 nitrogen and oxygen atoms in total. The molecule has 0 fully saturated rings. The minimum Gasteiger partial charge on any atom is -0.496 e. The Kier molecular flexibility index (Phi) is 5.80. The number of aliphatic imine (C=N–C) groups is 2. The van der Waals surface area contributed by atoms with E-state index in [4.69, 9.17) is 15.2 Å². The second kappa shape index (κ2) is 7.66. The molecular formula is C20H27N3O2. The van der Waals surface area contributed by atoms with Crippen molar-refractivity contribution in [1.29, 1.82) is 0 Å². The number of methoxy groups -OCH3 is 2. The quantitative estimate of drug-likeness (QED) is 0.637. The number of fused-ring (bicyclic) bond motifs is 1. The summed E-state index contributed by atoms with van der Waals surface area (Å²) in [6.45, 7) is 8.62. The molecule has 2 rings (SSSR count). The number of ether oxygens (including phenoxy) is 2. The fourth-order valence-corrected chi connectivity index (χ4v) is 3.41. The summed E-state index contributed by atoms with van der Waals surface area (Å²) in [5, 5.41) is 0. The van der Waals surface area contributed by atoms with Gasteiger partial charge in [-0.25, -0.2) is 0 Å². The maximum atomic E-state index is 6.19. The number of hydrogen-bond donors (Lipinski definition) is 1. The van der Waals surface area contributed by atoms with E-state index in [2.05, 4.69) is 30.5 Å². The molecule has 1 aliphatic carbocycles. The molecule has 134 valence electrons. The van der Waals surface area contributed by atoms with Crippen molar-refractivity contribution in [2.75, 3.05) is 27.9 Å². The van der Waals surface area contributed by atoms with Crippen LogP contribution in [0.3, 0.4) is 0 Å². The Morgan fingerprint density at radius 2 is 2.08 bits per heavy atom. The summed E-state index contributed by atoms with van der Waals surface area (Å²) in [6, 6.07) is 3.97. The van der Waals surface area contributed by atoms with Crippen LogP contribution in [0.4, 0.5) is 0 Å². The highest BCUT2D eigenvalue weighted by molar-refractivity contribution is 6.06. The Bertz CT molecular complexity index is 758. The van der Waals surface area contributed by atoms with Crippen molar-refractivity contribution < 1.29 is 9.47 Å². The van der Waals surface area contributed by atoms with E-state index in [9.17, 15) is 0 Å². The van der Waals surface area contributed by atoms with Gasteiger partial charge in [0.05, 0.1) is 19.4 Å². The van der Waals surface area contributed by atoms with Gasteiger partial charge in [-0.1, -0.05) is 26.0 Å². The number of rotatable bonds is 6. The third-order valence-electron chi connectivity index (χ3n) is 4.53. The molecule has 0 radical (unpaired) electrons. The number of nitrogens with zero attached hydrogens (tertiary/aromatic N) is 2. The summed E-state index contributed by atoms with van der Waals surface area (Å²) in [7, 11) is 5.05. The third kappa shape index (κ3) is 3.51. The summed E-state index contributed by atoms with van der Waals surface area (Å²) < 4.78 is 10.7. The zero-order chi connectivity index (χ0) is 18.6. The van der Waals surface area contributed by atoms with Crippen LogP contribution < -0.4 is 10.5 Å². The molecule has 2 N–H and O–H groups in total. The molecule has 0 heterocycles. The van der Waals surface area contributed by atoms with Gasteiger partial charge < -0.3 is 15.2 Å². The van der Waals surface area contributed by atoms with Crippen LogP contribution in [0.5, 0.6) is 5.75 Å². The smallest absolute Gasteiger partial charge is 0.126 e. The monoisotopic (exact) mass is 341 g/mol. The van der Waals surface area contributed by atoms with E-state index >= 15 is 0 Å². The number of benzene rings is 1. The molecule has 0 amide bonds. The number of amidine groups is 1. The molecule has 5 heteroatoms. The molecule has 0 saturated carbocycles. The van der Waals surface area contributed by atoms with Crippen LogP contribution in [-0.2, 0) is 11.2 Å². The summed E-state index contributed by atoms with van der Waals surface area (Å²) in [5.41, 5.74) is 10.9. The maximum Gasteiger partial charge on any atom is 0.126 e. The molecule has 0 spiro atoms. The average molecular weight is 341 g/mol. The molecular weight excluding hydrogens is 314 g/mol. The molecule has 25 heavy (non-hydrogen) atoms. The first-order valence-electron chi connectivity index (χ1n) is 8.21. The Hall–Kier alpha value is -2.40. The van der Waals surface area contributed by atoms with E-state index in [1.165, 1.54) is 5.56 Å². The van der Waals surface area contributed by atoms with Gasteiger partial charge in [0, 0.05) is 30.9 Å². The average Bonchev–Trinajstić information content (AvgIpc) is 2.59. The molecule has 1 aromatic rings. The summed E-state index contributed by atoms with van der Waals surface area (Å²) in [4.78, 5) is 8.50.